The molecule has 24 heavy (non-hydrogen) atoms. The number of pyridine rings is 1. The van der Waals surface area contributed by atoms with E-state index in [1.165, 1.54) is 0 Å². The standard InChI is InChI=1S/C19H25N3O2/c1-4-6-13-22(3)19(23)18-14-16(11-12-20-18)21-15-7-9-17(10-8-15)24-5-2/h7-12,14H,4-6,13H2,1-3H3,(H,20,21). The third-order valence-corrected chi connectivity index (χ3v) is 3.63. The molecule has 0 fully saturated rings. The molecule has 0 saturated carbocycles. The Labute approximate surface area is 143 Å². The van der Waals surface area contributed by atoms with E-state index in [-0.39, 0.29) is 5.91 Å². The van der Waals surface area contributed by atoms with Gasteiger partial charge in [-0.1, -0.05) is 13.3 Å². The van der Waals surface area contributed by atoms with Crippen LogP contribution in [-0.2, 0) is 0 Å². The van der Waals surface area contributed by atoms with Crippen LogP contribution in [-0.4, -0.2) is 36.0 Å². The lowest BCUT2D eigenvalue weighted by Crippen LogP contribution is -2.28. The molecule has 1 N–H and O–H groups in total. The second-order valence-electron chi connectivity index (χ2n) is 5.59. The zero-order chi connectivity index (χ0) is 17.4. The molecular formula is C19H25N3O2. The van der Waals surface area contributed by atoms with Gasteiger partial charge in [0, 0.05) is 31.2 Å². The molecule has 0 unspecified atom stereocenters. The predicted octanol–water partition coefficient (Wildman–Crippen LogP) is 4.10. The van der Waals surface area contributed by atoms with E-state index in [4.69, 9.17) is 4.74 Å². The minimum absolute atomic E-state index is 0.0567. The highest BCUT2D eigenvalue weighted by Crippen LogP contribution is 2.20. The largest absolute Gasteiger partial charge is 0.494 e. The maximum absolute atomic E-state index is 12.4. The van der Waals surface area contributed by atoms with Crippen LogP contribution in [0.25, 0.3) is 0 Å². The molecule has 2 aromatic rings. The number of carbonyl (C=O) groups is 1. The summed E-state index contributed by atoms with van der Waals surface area (Å²) in [6.07, 6.45) is 3.70. The molecule has 128 valence electrons. The van der Waals surface area contributed by atoms with Gasteiger partial charge < -0.3 is 15.0 Å². The Kier molecular flexibility index (Phi) is 6.61. The van der Waals surface area contributed by atoms with E-state index in [0.29, 0.717) is 12.3 Å². The van der Waals surface area contributed by atoms with Crippen molar-refractivity contribution in [3.63, 3.8) is 0 Å². The summed E-state index contributed by atoms with van der Waals surface area (Å²) in [6, 6.07) is 11.3. The van der Waals surface area contributed by atoms with Crippen LogP contribution in [0.2, 0.25) is 0 Å². The van der Waals surface area contributed by atoms with E-state index in [9.17, 15) is 4.79 Å². The molecule has 0 aliphatic carbocycles. The molecule has 0 aliphatic rings. The van der Waals surface area contributed by atoms with Gasteiger partial charge in [0.2, 0.25) is 0 Å². The average Bonchev–Trinajstić information content (AvgIpc) is 2.61. The summed E-state index contributed by atoms with van der Waals surface area (Å²) >= 11 is 0. The molecule has 5 nitrogen and oxygen atoms in total. The van der Waals surface area contributed by atoms with E-state index in [1.807, 2.05) is 44.3 Å². The lowest BCUT2D eigenvalue weighted by atomic mass is 10.2. The number of nitrogens with one attached hydrogen (secondary N) is 1. The highest BCUT2D eigenvalue weighted by molar-refractivity contribution is 5.93. The summed E-state index contributed by atoms with van der Waals surface area (Å²) in [5.74, 6) is 0.782. The van der Waals surface area contributed by atoms with Crippen molar-refractivity contribution < 1.29 is 9.53 Å². The molecule has 0 saturated heterocycles. The molecular weight excluding hydrogens is 302 g/mol. The van der Waals surface area contributed by atoms with Crippen molar-refractivity contribution in [3.8, 4) is 5.75 Å². The lowest BCUT2D eigenvalue weighted by Gasteiger charge is -2.16. The first-order valence-electron chi connectivity index (χ1n) is 8.35. The Morgan fingerprint density at radius 1 is 1.17 bits per heavy atom. The normalized spacial score (nSPS) is 10.3. The molecule has 0 aliphatic heterocycles. The molecule has 0 bridgehead atoms. The van der Waals surface area contributed by atoms with Crippen molar-refractivity contribution in [1.82, 2.24) is 9.88 Å². The van der Waals surface area contributed by atoms with Crippen LogP contribution in [0.1, 0.15) is 37.2 Å². The predicted molar refractivity (Wildman–Crippen MR) is 97.0 cm³/mol. The number of amides is 1. The molecule has 2 rings (SSSR count). The molecule has 1 heterocycles. The maximum Gasteiger partial charge on any atom is 0.272 e. The van der Waals surface area contributed by atoms with Gasteiger partial charge in [-0.25, -0.2) is 0 Å². The van der Waals surface area contributed by atoms with E-state index in [0.717, 1.165) is 36.5 Å². The maximum atomic E-state index is 12.4. The first-order valence-corrected chi connectivity index (χ1v) is 8.35. The van der Waals surface area contributed by atoms with Gasteiger partial charge in [-0.3, -0.25) is 9.78 Å². The Morgan fingerprint density at radius 3 is 2.58 bits per heavy atom. The number of ether oxygens (including phenoxy) is 1. The van der Waals surface area contributed by atoms with Crippen molar-refractivity contribution in [3.05, 3.63) is 48.3 Å². The molecule has 0 atom stereocenters. The molecule has 0 spiro atoms. The first kappa shape index (κ1) is 17.8. The molecule has 1 aromatic heterocycles. The minimum atomic E-state index is -0.0567. The Morgan fingerprint density at radius 2 is 1.92 bits per heavy atom. The highest BCUT2D eigenvalue weighted by Gasteiger charge is 2.13. The number of hydrogen-bond donors (Lipinski definition) is 1. The van der Waals surface area contributed by atoms with E-state index in [2.05, 4.69) is 17.2 Å². The number of unbranched alkanes of at least 4 members (excludes halogenated alkanes) is 1. The van der Waals surface area contributed by atoms with Crippen molar-refractivity contribution in [1.29, 1.82) is 0 Å². The number of benzene rings is 1. The molecule has 1 aromatic carbocycles. The number of hydrogen-bond acceptors (Lipinski definition) is 4. The smallest absolute Gasteiger partial charge is 0.272 e. The minimum Gasteiger partial charge on any atom is -0.494 e. The molecule has 5 heteroatoms. The Bertz CT molecular complexity index is 656. The summed E-state index contributed by atoms with van der Waals surface area (Å²) in [6.45, 7) is 5.46. The topological polar surface area (TPSA) is 54.5 Å². The van der Waals surface area contributed by atoms with Gasteiger partial charge in [0.15, 0.2) is 0 Å². The zero-order valence-corrected chi connectivity index (χ0v) is 14.6. The second-order valence-corrected chi connectivity index (χ2v) is 5.59. The molecule has 1 amide bonds. The van der Waals surface area contributed by atoms with Crippen LogP contribution in [0.3, 0.4) is 0 Å². The van der Waals surface area contributed by atoms with Crippen molar-refractivity contribution in [2.75, 3.05) is 25.5 Å². The van der Waals surface area contributed by atoms with Gasteiger partial charge in [0.05, 0.1) is 6.61 Å². The summed E-state index contributed by atoms with van der Waals surface area (Å²) in [5.41, 5.74) is 2.22. The lowest BCUT2D eigenvalue weighted by molar-refractivity contribution is 0.0787. The Hall–Kier alpha value is -2.56. The SMILES string of the molecule is CCCCN(C)C(=O)c1cc(Nc2ccc(OCC)cc2)ccn1. The second kappa shape index (κ2) is 8.91. The summed E-state index contributed by atoms with van der Waals surface area (Å²) in [5, 5.41) is 3.28. The van der Waals surface area contributed by atoms with Gasteiger partial charge in [0.25, 0.3) is 5.91 Å². The first-order chi connectivity index (χ1) is 11.6. The van der Waals surface area contributed by atoms with Gasteiger partial charge in [-0.15, -0.1) is 0 Å². The number of anilines is 2. The number of carbonyl (C=O) groups excluding carboxylic acids is 1. The third kappa shape index (κ3) is 4.98. The quantitative estimate of drug-likeness (QED) is 0.793. The van der Waals surface area contributed by atoms with Gasteiger partial charge in [-0.05, 0) is 49.7 Å². The number of aromatic nitrogens is 1. The van der Waals surface area contributed by atoms with E-state index in [1.54, 1.807) is 17.2 Å². The van der Waals surface area contributed by atoms with Crippen molar-refractivity contribution in [2.24, 2.45) is 0 Å². The van der Waals surface area contributed by atoms with Gasteiger partial charge in [0.1, 0.15) is 11.4 Å². The zero-order valence-electron chi connectivity index (χ0n) is 14.6. The summed E-state index contributed by atoms with van der Waals surface area (Å²) < 4.78 is 5.43. The summed E-state index contributed by atoms with van der Waals surface area (Å²) in [4.78, 5) is 18.3. The van der Waals surface area contributed by atoms with Crippen LogP contribution in [0.4, 0.5) is 11.4 Å². The fraction of sp³-hybridized carbons (Fsp3) is 0.368. The summed E-state index contributed by atoms with van der Waals surface area (Å²) in [7, 11) is 1.81. The van der Waals surface area contributed by atoms with Crippen molar-refractivity contribution in [2.45, 2.75) is 26.7 Å². The van der Waals surface area contributed by atoms with Crippen LogP contribution in [0.5, 0.6) is 5.75 Å². The highest BCUT2D eigenvalue weighted by atomic mass is 16.5. The third-order valence-electron chi connectivity index (χ3n) is 3.63. The molecule has 0 radical (unpaired) electrons. The monoisotopic (exact) mass is 327 g/mol. The van der Waals surface area contributed by atoms with Crippen LogP contribution < -0.4 is 10.1 Å². The van der Waals surface area contributed by atoms with E-state index < -0.39 is 0 Å². The Balaban J connectivity index is 2.05. The van der Waals surface area contributed by atoms with Gasteiger partial charge in [-0.2, -0.15) is 0 Å². The van der Waals surface area contributed by atoms with Gasteiger partial charge >= 0.3 is 0 Å². The average molecular weight is 327 g/mol. The van der Waals surface area contributed by atoms with Crippen LogP contribution in [0.15, 0.2) is 42.6 Å². The number of rotatable bonds is 8. The fourth-order valence-electron chi connectivity index (χ4n) is 2.29. The van der Waals surface area contributed by atoms with Crippen LogP contribution in [0, 0.1) is 0 Å². The van der Waals surface area contributed by atoms with E-state index >= 15 is 0 Å². The van der Waals surface area contributed by atoms with Crippen molar-refractivity contribution >= 4 is 17.3 Å². The fourth-order valence-corrected chi connectivity index (χ4v) is 2.29. The van der Waals surface area contributed by atoms with Crippen LogP contribution >= 0.6 is 0 Å². The number of nitrogens with zero attached hydrogens (tertiary/aromatic N) is 2.